The van der Waals surface area contributed by atoms with Gasteiger partial charge in [0.25, 0.3) is 11.3 Å². The highest BCUT2D eigenvalue weighted by molar-refractivity contribution is 7.77. The molecule has 0 saturated carbocycles. The number of allylic oxidation sites excluding steroid dienone is 3. The fourth-order valence-electron chi connectivity index (χ4n) is 4.06. The van der Waals surface area contributed by atoms with Crippen LogP contribution in [0.5, 0.6) is 0 Å². The Kier molecular flexibility index (Phi) is 9.82. The van der Waals surface area contributed by atoms with E-state index in [1.54, 1.807) is 17.4 Å². The Labute approximate surface area is 231 Å². The first kappa shape index (κ1) is 27.7. The molecule has 0 bridgehead atoms. The number of nitrogens with one attached hydrogen (secondary N) is 3. The second-order valence-electron chi connectivity index (χ2n) is 8.60. The number of ether oxygens (including phenoxy) is 1. The van der Waals surface area contributed by atoms with E-state index in [0.717, 1.165) is 21.1 Å². The number of thiophene rings is 1. The van der Waals surface area contributed by atoms with E-state index in [4.69, 9.17) is 14.3 Å². The van der Waals surface area contributed by atoms with Crippen LogP contribution in [0.1, 0.15) is 30.1 Å². The SMILES string of the molecule is COC(=O)N[C@@H](Cc1ccccc1)C(=O)N[C@@H](CC1C=CC(NS(=O)O)=CC1)c1csc(-c2cccs2)n1. The molecular weight excluding hydrogens is 545 g/mol. The number of carbonyl (C=O) groups is 2. The summed E-state index contributed by atoms with van der Waals surface area (Å²) in [6.45, 7) is 0. The molecule has 4 N–H and O–H groups in total. The monoisotopic (exact) mass is 572 g/mol. The van der Waals surface area contributed by atoms with Gasteiger partial charge in [0.2, 0.25) is 5.91 Å². The van der Waals surface area contributed by atoms with Crippen molar-refractivity contribution < 1.29 is 23.1 Å². The fourth-order valence-corrected chi connectivity index (χ4v) is 6.11. The Bertz CT molecular complexity index is 1310. The average molecular weight is 573 g/mol. The van der Waals surface area contributed by atoms with E-state index in [1.807, 2.05) is 65.4 Å². The summed E-state index contributed by atoms with van der Waals surface area (Å²) in [5, 5.41) is 10.6. The average Bonchev–Trinajstić information content (AvgIpc) is 3.62. The van der Waals surface area contributed by atoms with E-state index >= 15 is 0 Å². The van der Waals surface area contributed by atoms with Gasteiger partial charge in [0.1, 0.15) is 11.0 Å². The molecule has 1 aromatic carbocycles. The number of hydrogen-bond donors (Lipinski definition) is 4. The van der Waals surface area contributed by atoms with Crippen molar-refractivity contribution >= 4 is 45.9 Å². The van der Waals surface area contributed by atoms with E-state index in [1.165, 1.54) is 18.4 Å². The minimum atomic E-state index is -2.14. The van der Waals surface area contributed by atoms with Gasteiger partial charge < -0.3 is 15.4 Å². The summed E-state index contributed by atoms with van der Waals surface area (Å²) in [5.74, 6) is -0.283. The summed E-state index contributed by atoms with van der Waals surface area (Å²) in [5.41, 5.74) is 2.21. The van der Waals surface area contributed by atoms with E-state index in [0.29, 0.717) is 25.0 Å². The molecule has 0 aliphatic heterocycles. The molecular formula is C26H28N4O5S3. The fraction of sp³-hybridized carbons (Fsp3) is 0.269. The van der Waals surface area contributed by atoms with Crippen molar-refractivity contribution in [3.8, 4) is 9.88 Å². The van der Waals surface area contributed by atoms with Crippen molar-refractivity contribution in [1.29, 1.82) is 0 Å². The second kappa shape index (κ2) is 13.5. The normalized spacial score (nSPS) is 17.1. The number of benzene rings is 1. The molecule has 2 amide bonds. The summed E-state index contributed by atoms with van der Waals surface area (Å²) < 4.78 is 27.4. The van der Waals surface area contributed by atoms with E-state index < -0.39 is 29.4 Å². The van der Waals surface area contributed by atoms with Gasteiger partial charge in [-0.25, -0.2) is 14.0 Å². The molecule has 0 radical (unpaired) electrons. The van der Waals surface area contributed by atoms with Gasteiger partial charge in [0.15, 0.2) is 0 Å². The van der Waals surface area contributed by atoms with Crippen molar-refractivity contribution in [3.63, 3.8) is 0 Å². The number of alkyl carbamates (subject to hydrolysis) is 1. The number of rotatable bonds is 11. The zero-order valence-electron chi connectivity index (χ0n) is 20.5. The zero-order chi connectivity index (χ0) is 26.9. The van der Waals surface area contributed by atoms with Crippen LogP contribution in [0.25, 0.3) is 9.88 Å². The number of thiazole rings is 1. The molecule has 1 aliphatic rings. The molecule has 38 heavy (non-hydrogen) atoms. The summed E-state index contributed by atoms with van der Waals surface area (Å²) >= 11 is 0.971. The topological polar surface area (TPSA) is 130 Å². The molecule has 4 atom stereocenters. The van der Waals surface area contributed by atoms with Crippen LogP contribution < -0.4 is 15.4 Å². The molecule has 2 aromatic heterocycles. The highest BCUT2D eigenvalue weighted by atomic mass is 32.2. The number of amides is 2. The second-order valence-corrected chi connectivity index (χ2v) is 11.1. The van der Waals surface area contributed by atoms with Crippen LogP contribution in [-0.4, -0.2) is 38.9 Å². The first-order valence-corrected chi connectivity index (χ1v) is 14.7. The number of nitrogens with zero attached hydrogens (tertiary/aromatic N) is 1. The summed E-state index contributed by atoms with van der Waals surface area (Å²) in [4.78, 5) is 31.4. The lowest BCUT2D eigenvalue weighted by Gasteiger charge is -2.25. The highest BCUT2D eigenvalue weighted by Crippen LogP contribution is 2.33. The maximum absolute atomic E-state index is 13.5. The lowest BCUT2D eigenvalue weighted by molar-refractivity contribution is -0.123. The largest absolute Gasteiger partial charge is 0.453 e. The van der Waals surface area contributed by atoms with Crippen molar-refractivity contribution in [3.05, 3.63) is 88.4 Å². The molecule has 2 unspecified atom stereocenters. The Morgan fingerprint density at radius 2 is 2.00 bits per heavy atom. The standard InChI is InChI=1S/C26H28N4O5S3/c1-35-26(32)29-21(15-17-6-3-2-4-7-17)24(31)27-20(14-18-9-11-19(12-10-18)30-38(33)34)22-16-37-25(28-22)23-8-5-13-36-23/h2-9,11-13,16,18,20-21,30H,10,14-15H2,1H3,(H,27,31)(H,29,32)(H,33,34)/t18?,20-,21-/m0/s1. The highest BCUT2D eigenvalue weighted by Gasteiger charge is 2.28. The van der Waals surface area contributed by atoms with Crippen LogP contribution in [-0.2, 0) is 27.2 Å². The smallest absolute Gasteiger partial charge is 0.407 e. The van der Waals surface area contributed by atoms with Crippen LogP contribution in [0, 0.1) is 5.92 Å². The van der Waals surface area contributed by atoms with E-state index in [2.05, 4.69) is 15.4 Å². The van der Waals surface area contributed by atoms with Gasteiger partial charge in [-0.1, -0.05) is 48.6 Å². The van der Waals surface area contributed by atoms with E-state index in [9.17, 15) is 13.8 Å². The van der Waals surface area contributed by atoms with Crippen molar-refractivity contribution in [1.82, 2.24) is 20.3 Å². The minimum Gasteiger partial charge on any atom is -0.453 e. The number of aromatic nitrogens is 1. The van der Waals surface area contributed by atoms with Gasteiger partial charge in [0, 0.05) is 17.5 Å². The number of methoxy groups -OCH3 is 1. The summed E-state index contributed by atoms with van der Waals surface area (Å²) in [6.07, 6.45) is 6.35. The van der Waals surface area contributed by atoms with Gasteiger partial charge in [-0.3, -0.25) is 14.1 Å². The third-order valence-electron chi connectivity index (χ3n) is 5.94. The molecule has 200 valence electrons. The lowest BCUT2D eigenvalue weighted by atomic mass is 9.91. The molecule has 0 fully saturated rings. The predicted molar refractivity (Wildman–Crippen MR) is 150 cm³/mol. The minimum absolute atomic E-state index is 0.0611. The molecule has 4 rings (SSSR count). The predicted octanol–water partition coefficient (Wildman–Crippen LogP) is 4.57. The van der Waals surface area contributed by atoms with Gasteiger partial charge in [0.05, 0.1) is 23.7 Å². The van der Waals surface area contributed by atoms with Crippen LogP contribution in [0.2, 0.25) is 0 Å². The third kappa shape index (κ3) is 7.84. The molecule has 0 saturated heterocycles. The van der Waals surface area contributed by atoms with Crippen LogP contribution in [0.3, 0.4) is 0 Å². The molecule has 0 spiro atoms. The van der Waals surface area contributed by atoms with Crippen LogP contribution in [0.4, 0.5) is 4.79 Å². The Morgan fingerprint density at radius 3 is 2.66 bits per heavy atom. The van der Waals surface area contributed by atoms with Crippen LogP contribution in [0.15, 0.2) is 77.1 Å². The van der Waals surface area contributed by atoms with Crippen molar-refractivity contribution in [2.45, 2.75) is 31.3 Å². The Morgan fingerprint density at radius 1 is 1.18 bits per heavy atom. The third-order valence-corrected chi connectivity index (χ3v) is 8.25. The van der Waals surface area contributed by atoms with Gasteiger partial charge in [-0.05, 0) is 41.8 Å². The quantitative estimate of drug-likeness (QED) is 0.249. The Hall–Kier alpha value is -3.32. The molecule has 2 heterocycles. The molecule has 3 aromatic rings. The Balaban J connectivity index is 1.54. The maximum Gasteiger partial charge on any atom is 0.407 e. The van der Waals surface area contributed by atoms with E-state index in [-0.39, 0.29) is 11.8 Å². The van der Waals surface area contributed by atoms with Crippen LogP contribution >= 0.6 is 22.7 Å². The number of carbonyl (C=O) groups excluding carboxylic acids is 2. The number of hydrogen-bond acceptors (Lipinski definition) is 7. The molecule has 1 aliphatic carbocycles. The van der Waals surface area contributed by atoms with Crippen molar-refractivity contribution in [2.24, 2.45) is 5.92 Å². The summed E-state index contributed by atoms with van der Waals surface area (Å²) in [6, 6.07) is 12.2. The summed E-state index contributed by atoms with van der Waals surface area (Å²) in [7, 11) is 1.26. The maximum atomic E-state index is 13.5. The van der Waals surface area contributed by atoms with Crippen molar-refractivity contribution in [2.75, 3.05) is 7.11 Å². The van der Waals surface area contributed by atoms with Gasteiger partial charge >= 0.3 is 6.09 Å². The lowest BCUT2D eigenvalue weighted by Crippen LogP contribution is -2.49. The molecule has 12 heteroatoms. The molecule has 9 nitrogen and oxygen atoms in total. The zero-order valence-corrected chi connectivity index (χ0v) is 23.0. The van der Waals surface area contributed by atoms with Gasteiger partial charge in [-0.2, -0.15) is 0 Å². The first-order valence-electron chi connectivity index (χ1n) is 11.8. The first-order chi connectivity index (χ1) is 18.4. The van der Waals surface area contributed by atoms with Gasteiger partial charge in [-0.15, -0.1) is 22.7 Å².